The van der Waals surface area contributed by atoms with Crippen LogP contribution in [0.2, 0.25) is 0 Å². The molecule has 2 aromatic rings. The lowest BCUT2D eigenvalue weighted by atomic mass is 10.1. The molecule has 0 spiro atoms. The third-order valence-electron chi connectivity index (χ3n) is 3.71. The molecule has 2 amide bonds. The number of hydrogen-bond acceptors (Lipinski definition) is 3. The Hall–Kier alpha value is -2.89. The molecule has 0 aliphatic carbocycles. The maximum atomic E-state index is 13.6. The molecule has 0 aromatic heterocycles. The lowest BCUT2D eigenvalue weighted by Gasteiger charge is -2.14. The third kappa shape index (κ3) is 4.79. The van der Waals surface area contributed by atoms with E-state index < -0.39 is 0 Å². The van der Waals surface area contributed by atoms with Crippen LogP contribution >= 0.6 is 0 Å². The summed E-state index contributed by atoms with van der Waals surface area (Å²) in [5.41, 5.74) is 1.34. The van der Waals surface area contributed by atoms with Gasteiger partial charge >= 0.3 is 0 Å². The van der Waals surface area contributed by atoms with Crippen LogP contribution in [0.3, 0.4) is 0 Å². The van der Waals surface area contributed by atoms with Crippen LogP contribution in [0, 0.1) is 5.82 Å². The van der Waals surface area contributed by atoms with Crippen molar-refractivity contribution >= 4 is 17.5 Å². The summed E-state index contributed by atoms with van der Waals surface area (Å²) in [6.45, 7) is 0. The van der Waals surface area contributed by atoms with Crippen molar-refractivity contribution in [2.24, 2.45) is 0 Å². The number of rotatable bonds is 6. The number of carbonyl (C=O) groups is 2. The van der Waals surface area contributed by atoms with E-state index in [4.69, 9.17) is 4.74 Å². The Balaban J connectivity index is 2.09. The summed E-state index contributed by atoms with van der Waals surface area (Å²) in [6.07, 6.45) is 0.410. The van der Waals surface area contributed by atoms with Gasteiger partial charge in [-0.2, -0.15) is 0 Å². The van der Waals surface area contributed by atoms with Crippen molar-refractivity contribution < 1.29 is 18.7 Å². The standard InChI is InChI=1S/C19H21FN2O3/c1-22(2)19(24)14-8-10-17(25-3)16(12-14)21-18(23)11-9-13-6-4-5-7-15(13)20/h4-8,10,12H,9,11H2,1-3H3,(H,21,23). The second-order valence-corrected chi connectivity index (χ2v) is 5.75. The van der Waals surface area contributed by atoms with Crippen molar-refractivity contribution in [1.29, 1.82) is 0 Å². The topological polar surface area (TPSA) is 58.6 Å². The summed E-state index contributed by atoms with van der Waals surface area (Å²) in [6, 6.07) is 11.2. The minimum atomic E-state index is -0.327. The number of hydrogen-bond donors (Lipinski definition) is 1. The average Bonchev–Trinajstić information content (AvgIpc) is 2.60. The first kappa shape index (κ1) is 18.4. The molecule has 5 nitrogen and oxygen atoms in total. The number of amides is 2. The largest absolute Gasteiger partial charge is 0.495 e. The fourth-order valence-corrected chi connectivity index (χ4v) is 2.36. The molecule has 0 heterocycles. The molecule has 0 bridgehead atoms. The van der Waals surface area contributed by atoms with Crippen molar-refractivity contribution in [2.45, 2.75) is 12.8 Å². The van der Waals surface area contributed by atoms with Gasteiger partial charge in [0.05, 0.1) is 12.8 Å². The first-order valence-corrected chi connectivity index (χ1v) is 7.85. The quantitative estimate of drug-likeness (QED) is 0.876. The highest BCUT2D eigenvalue weighted by Gasteiger charge is 2.14. The molecule has 0 saturated carbocycles. The van der Waals surface area contributed by atoms with Gasteiger partial charge in [0.15, 0.2) is 0 Å². The van der Waals surface area contributed by atoms with Crippen molar-refractivity contribution in [1.82, 2.24) is 4.90 Å². The minimum absolute atomic E-state index is 0.121. The van der Waals surface area contributed by atoms with Gasteiger partial charge in [0.1, 0.15) is 11.6 Å². The summed E-state index contributed by atoms with van der Waals surface area (Å²) in [5, 5.41) is 2.73. The molecular weight excluding hydrogens is 323 g/mol. The van der Waals surface area contributed by atoms with Gasteiger partial charge in [-0.3, -0.25) is 9.59 Å². The van der Waals surface area contributed by atoms with Gasteiger partial charge in [0.25, 0.3) is 5.91 Å². The predicted octanol–water partition coefficient (Wildman–Crippen LogP) is 3.11. The van der Waals surface area contributed by atoms with Crippen LogP contribution in [0.1, 0.15) is 22.3 Å². The average molecular weight is 344 g/mol. The van der Waals surface area contributed by atoms with Crippen molar-refractivity contribution in [3.63, 3.8) is 0 Å². The molecule has 0 atom stereocenters. The maximum absolute atomic E-state index is 13.6. The zero-order valence-electron chi connectivity index (χ0n) is 14.5. The normalized spacial score (nSPS) is 10.2. The Morgan fingerprint density at radius 3 is 2.52 bits per heavy atom. The molecule has 0 saturated heterocycles. The SMILES string of the molecule is COc1ccc(C(=O)N(C)C)cc1NC(=O)CCc1ccccc1F. The molecule has 0 aliphatic rings. The molecule has 132 valence electrons. The van der Waals surface area contributed by atoms with E-state index in [1.165, 1.54) is 18.1 Å². The summed E-state index contributed by atoms with van der Waals surface area (Å²) >= 11 is 0. The second-order valence-electron chi connectivity index (χ2n) is 5.75. The summed E-state index contributed by atoms with van der Waals surface area (Å²) < 4.78 is 18.8. The fraction of sp³-hybridized carbons (Fsp3) is 0.263. The molecular formula is C19H21FN2O3. The van der Waals surface area contributed by atoms with Gasteiger partial charge < -0.3 is 15.0 Å². The molecule has 0 aliphatic heterocycles. The van der Waals surface area contributed by atoms with Crippen LogP contribution in [-0.2, 0) is 11.2 Å². The molecule has 2 rings (SSSR count). The van der Waals surface area contributed by atoms with Gasteiger partial charge in [-0.1, -0.05) is 18.2 Å². The van der Waals surface area contributed by atoms with Gasteiger partial charge in [-0.05, 0) is 36.2 Å². The lowest BCUT2D eigenvalue weighted by molar-refractivity contribution is -0.116. The Bertz CT molecular complexity index is 775. The van der Waals surface area contributed by atoms with Crippen LogP contribution in [0.4, 0.5) is 10.1 Å². The maximum Gasteiger partial charge on any atom is 0.253 e. The molecule has 1 N–H and O–H groups in total. The second kappa shape index (κ2) is 8.28. The van der Waals surface area contributed by atoms with E-state index in [1.807, 2.05) is 0 Å². The molecule has 25 heavy (non-hydrogen) atoms. The van der Waals surface area contributed by atoms with E-state index in [2.05, 4.69) is 5.32 Å². The summed E-state index contributed by atoms with van der Waals surface area (Å²) in [4.78, 5) is 25.7. The number of carbonyl (C=O) groups excluding carboxylic acids is 2. The highest BCUT2D eigenvalue weighted by atomic mass is 19.1. The minimum Gasteiger partial charge on any atom is -0.495 e. The molecule has 0 fully saturated rings. The highest BCUT2D eigenvalue weighted by molar-refractivity contribution is 5.98. The Morgan fingerprint density at radius 2 is 1.88 bits per heavy atom. The van der Waals surface area contributed by atoms with Crippen LogP contribution in [0.25, 0.3) is 0 Å². The van der Waals surface area contributed by atoms with Crippen molar-refractivity contribution in [3.05, 3.63) is 59.4 Å². The van der Waals surface area contributed by atoms with E-state index in [0.717, 1.165) is 0 Å². The molecule has 2 aromatic carbocycles. The first-order chi connectivity index (χ1) is 11.9. The Morgan fingerprint density at radius 1 is 1.16 bits per heavy atom. The van der Waals surface area contributed by atoms with Gasteiger partial charge in [-0.15, -0.1) is 0 Å². The van der Waals surface area contributed by atoms with E-state index in [-0.39, 0.29) is 30.5 Å². The van der Waals surface area contributed by atoms with Crippen LogP contribution in [-0.4, -0.2) is 37.9 Å². The first-order valence-electron chi connectivity index (χ1n) is 7.85. The number of ether oxygens (including phenoxy) is 1. The van der Waals surface area contributed by atoms with Crippen LogP contribution < -0.4 is 10.1 Å². The molecule has 6 heteroatoms. The van der Waals surface area contributed by atoms with Gasteiger partial charge in [0, 0.05) is 26.1 Å². The number of aryl methyl sites for hydroxylation is 1. The molecule has 0 radical (unpaired) electrons. The number of nitrogens with one attached hydrogen (secondary N) is 1. The van der Waals surface area contributed by atoms with Crippen LogP contribution in [0.15, 0.2) is 42.5 Å². The molecule has 0 unspecified atom stereocenters. The third-order valence-corrected chi connectivity index (χ3v) is 3.71. The Kier molecular flexibility index (Phi) is 6.11. The number of benzene rings is 2. The van der Waals surface area contributed by atoms with E-state index in [0.29, 0.717) is 22.6 Å². The number of methoxy groups -OCH3 is 1. The monoisotopic (exact) mass is 344 g/mol. The number of halogens is 1. The van der Waals surface area contributed by atoms with E-state index in [1.54, 1.807) is 50.5 Å². The summed E-state index contributed by atoms with van der Waals surface area (Å²) in [5.74, 6) is -0.332. The van der Waals surface area contributed by atoms with E-state index in [9.17, 15) is 14.0 Å². The summed E-state index contributed by atoms with van der Waals surface area (Å²) in [7, 11) is 4.79. The number of anilines is 1. The number of nitrogens with zero attached hydrogens (tertiary/aromatic N) is 1. The zero-order chi connectivity index (χ0) is 18.4. The highest BCUT2D eigenvalue weighted by Crippen LogP contribution is 2.26. The van der Waals surface area contributed by atoms with Crippen LogP contribution in [0.5, 0.6) is 5.75 Å². The Labute approximate surface area is 146 Å². The van der Waals surface area contributed by atoms with Crippen molar-refractivity contribution in [3.8, 4) is 5.75 Å². The zero-order valence-corrected chi connectivity index (χ0v) is 14.5. The van der Waals surface area contributed by atoms with Crippen molar-refractivity contribution in [2.75, 3.05) is 26.5 Å². The predicted molar refractivity (Wildman–Crippen MR) is 94.4 cm³/mol. The lowest BCUT2D eigenvalue weighted by Crippen LogP contribution is -2.22. The smallest absolute Gasteiger partial charge is 0.253 e. The van der Waals surface area contributed by atoms with E-state index >= 15 is 0 Å². The fourth-order valence-electron chi connectivity index (χ4n) is 2.36. The van der Waals surface area contributed by atoms with Gasteiger partial charge in [-0.25, -0.2) is 4.39 Å². The van der Waals surface area contributed by atoms with Gasteiger partial charge in [0.2, 0.25) is 5.91 Å².